The third-order valence-corrected chi connectivity index (χ3v) is 1.06. The monoisotopic (exact) mass is 179 g/mol. The van der Waals surface area contributed by atoms with Crippen LogP contribution in [0.25, 0.3) is 0 Å². The van der Waals surface area contributed by atoms with E-state index in [9.17, 15) is 4.79 Å². The Bertz CT molecular complexity index is 140. The lowest BCUT2D eigenvalue weighted by molar-refractivity contribution is -0.179. The summed E-state index contributed by atoms with van der Waals surface area (Å²) in [5.74, 6) is -1.02. The highest BCUT2D eigenvalue weighted by atomic mass is 16.7. The molecule has 0 aliphatic heterocycles. The fourth-order valence-electron chi connectivity index (χ4n) is 0.502. The number of aliphatic hydroxyl groups excluding tert-OH is 2. The predicted octanol–water partition coefficient (Wildman–Crippen LogP) is -1.71. The molecule has 0 aromatic carbocycles. The van der Waals surface area contributed by atoms with E-state index in [1.54, 1.807) is 0 Å². The van der Waals surface area contributed by atoms with Crippen molar-refractivity contribution in [3.63, 3.8) is 0 Å². The van der Waals surface area contributed by atoms with Crippen molar-refractivity contribution in [1.29, 1.82) is 0 Å². The maximum Gasteiger partial charge on any atom is 0.320 e. The Hall–Kier alpha value is -0.690. The van der Waals surface area contributed by atoms with Crippen molar-refractivity contribution in [3.8, 4) is 0 Å². The molecule has 0 aromatic heterocycles. The van der Waals surface area contributed by atoms with Crippen LogP contribution in [0, 0.1) is 0 Å². The van der Waals surface area contributed by atoms with Crippen molar-refractivity contribution >= 4 is 5.97 Å². The summed E-state index contributed by atoms with van der Waals surface area (Å²) in [6.07, 6.45) is -0.971. The van der Waals surface area contributed by atoms with E-state index in [-0.39, 0.29) is 13.2 Å². The number of hydrogen-bond acceptors (Lipinski definition) is 5. The van der Waals surface area contributed by atoms with Gasteiger partial charge in [-0.2, -0.15) is 5.06 Å². The summed E-state index contributed by atoms with van der Waals surface area (Å²) >= 11 is 0. The van der Waals surface area contributed by atoms with Gasteiger partial charge in [0.05, 0.1) is 13.2 Å². The number of nitrogens with zero attached hydrogens (tertiary/aromatic N) is 1. The molecule has 0 heterocycles. The van der Waals surface area contributed by atoms with Crippen molar-refractivity contribution in [2.24, 2.45) is 0 Å². The molecule has 0 rings (SSSR count). The molecule has 0 spiro atoms. The SMILES string of the molecule is CN(CC(=O)O)OCC(O)CO. The molecular formula is C6H13NO5. The van der Waals surface area contributed by atoms with Crippen LogP contribution in [0.2, 0.25) is 0 Å². The average molecular weight is 179 g/mol. The van der Waals surface area contributed by atoms with E-state index >= 15 is 0 Å². The highest BCUT2D eigenvalue weighted by Crippen LogP contribution is 1.88. The van der Waals surface area contributed by atoms with Crippen molar-refractivity contribution in [3.05, 3.63) is 0 Å². The second kappa shape index (κ2) is 5.90. The highest BCUT2D eigenvalue weighted by Gasteiger charge is 2.07. The zero-order valence-electron chi connectivity index (χ0n) is 6.80. The smallest absolute Gasteiger partial charge is 0.320 e. The molecule has 0 amide bonds. The summed E-state index contributed by atoms with van der Waals surface area (Å²) < 4.78 is 0. The minimum Gasteiger partial charge on any atom is -0.480 e. The van der Waals surface area contributed by atoms with Gasteiger partial charge in [-0.3, -0.25) is 9.63 Å². The lowest BCUT2D eigenvalue weighted by Gasteiger charge is -2.15. The first-order valence-corrected chi connectivity index (χ1v) is 3.41. The van der Waals surface area contributed by atoms with Crippen molar-refractivity contribution in [2.75, 3.05) is 26.8 Å². The summed E-state index contributed by atoms with van der Waals surface area (Å²) in [7, 11) is 1.43. The molecule has 0 saturated heterocycles. The maximum atomic E-state index is 10.1. The van der Waals surface area contributed by atoms with E-state index in [2.05, 4.69) is 0 Å². The zero-order chi connectivity index (χ0) is 9.56. The molecule has 0 radical (unpaired) electrons. The summed E-state index contributed by atoms with van der Waals surface area (Å²) in [5.41, 5.74) is 0. The van der Waals surface area contributed by atoms with Crippen molar-refractivity contribution in [1.82, 2.24) is 5.06 Å². The molecule has 0 fully saturated rings. The van der Waals surface area contributed by atoms with E-state index in [4.69, 9.17) is 20.2 Å². The Balaban J connectivity index is 3.43. The van der Waals surface area contributed by atoms with Gasteiger partial charge in [0, 0.05) is 7.05 Å². The van der Waals surface area contributed by atoms with Gasteiger partial charge < -0.3 is 15.3 Å². The Labute approximate surface area is 69.9 Å². The van der Waals surface area contributed by atoms with Gasteiger partial charge in [-0.25, -0.2) is 0 Å². The van der Waals surface area contributed by atoms with Crippen LogP contribution in [-0.2, 0) is 9.63 Å². The lowest BCUT2D eigenvalue weighted by Crippen LogP contribution is -2.30. The van der Waals surface area contributed by atoms with Gasteiger partial charge >= 0.3 is 5.97 Å². The molecule has 1 unspecified atom stereocenters. The quantitative estimate of drug-likeness (QED) is 0.420. The molecule has 6 heteroatoms. The largest absolute Gasteiger partial charge is 0.480 e. The van der Waals surface area contributed by atoms with Gasteiger partial charge in [0.25, 0.3) is 0 Å². The van der Waals surface area contributed by atoms with Crippen LogP contribution in [0.3, 0.4) is 0 Å². The van der Waals surface area contributed by atoms with E-state index in [0.717, 1.165) is 5.06 Å². The number of carboxylic acid groups (broad SMARTS) is 1. The second-order valence-electron chi connectivity index (χ2n) is 2.31. The van der Waals surface area contributed by atoms with Crippen LogP contribution in [-0.4, -0.2) is 59.3 Å². The molecule has 0 aliphatic rings. The lowest BCUT2D eigenvalue weighted by atomic mass is 10.4. The normalized spacial score (nSPS) is 13.3. The van der Waals surface area contributed by atoms with Gasteiger partial charge in [0.2, 0.25) is 0 Å². The number of hydroxylamine groups is 2. The number of likely N-dealkylation sites (N-methyl/N-ethyl adjacent to an activating group) is 1. The Kier molecular flexibility index (Phi) is 5.56. The van der Waals surface area contributed by atoms with Gasteiger partial charge in [-0.05, 0) is 0 Å². The van der Waals surface area contributed by atoms with Gasteiger partial charge in [-0.15, -0.1) is 0 Å². The van der Waals surface area contributed by atoms with E-state index in [0.29, 0.717) is 0 Å². The van der Waals surface area contributed by atoms with Crippen molar-refractivity contribution in [2.45, 2.75) is 6.10 Å². The first-order chi connectivity index (χ1) is 5.56. The second-order valence-corrected chi connectivity index (χ2v) is 2.31. The van der Waals surface area contributed by atoms with E-state index in [1.807, 2.05) is 0 Å². The molecular weight excluding hydrogens is 166 g/mol. The molecule has 1 atom stereocenters. The third kappa shape index (κ3) is 6.05. The van der Waals surface area contributed by atoms with Crippen LogP contribution < -0.4 is 0 Å². The van der Waals surface area contributed by atoms with Gasteiger partial charge in [-0.1, -0.05) is 0 Å². The predicted molar refractivity (Wildman–Crippen MR) is 39.3 cm³/mol. The Morgan fingerprint density at radius 2 is 2.25 bits per heavy atom. The van der Waals surface area contributed by atoms with Crippen LogP contribution in [0.15, 0.2) is 0 Å². The molecule has 6 nitrogen and oxygen atoms in total. The summed E-state index contributed by atoms with van der Waals surface area (Å²) in [4.78, 5) is 14.8. The first-order valence-electron chi connectivity index (χ1n) is 3.41. The van der Waals surface area contributed by atoms with Crippen LogP contribution in [0.4, 0.5) is 0 Å². The topological polar surface area (TPSA) is 90.2 Å². The molecule has 3 N–H and O–H groups in total. The minimum absolute atomic E-state index is 0.111. The molecule has 0 aliphatic carbocycles. The van der Waals surface area contributed by atoms with E-state index in [1.165, 1.54) is 7.05 Å². The van der Waals surface area contributed by atoms with Gasteiger partial charge in [0.1, 0.15) is 12.6 Å². The number of hydrogen-bond donors (Lipinski definition) is 3. The summed E-state index contributed by atoms with van der Waals surface area (Å²) in [6.45, 7) is -0.778. The van der Waals surface area contributed by atoms with Crippen LogP contribution >= 0.6 is 0 Å². The molecule has 12 heavy (non-hydrogen) atoms. The molecule has 0 saturated carbocycles. The Morgan fingerprint density at radius 3 is 2.67 bits per heavy atom. The third-order valence-electron chi connectivity index (χ3n) is 1.06. The number of rotatable bonds is 6. The fraction of sp³-hybridized carbons (Fsp3) is 0.833. The van der Waals surface area contributed by atoms with Crippen molar-refractivity contribution < 1.29 is 25.0 Å². The number of aliphatic hydroxyl groups is 2. The number of aliphatic carboxylic acids is 1. The summed E-state index contributed by atoms with van der Waals surface area (Å²) in [6, 6.07) is 0. The van der Waals surface area contributed by atoms with E-state index < -0.39 is 18.7 Å². The molecule has 0 aromatic rings. The highest BCUT2D eigenvalue weighted by molar-refractivity contribution is 5.68. The standard InChI is InChI=1S/C6H13NO5/c1-7(2-6(10)11)12-4-5(9)3-8/h5,8-9H,2-4H2,1H3,(H,10,11). The molecule has 72 valence electrons. The van der Waals surface area contributed by atoms with Crippen LogP contribution in [0.1, 0.15) is 0 Å². The summed E-state index contributed by atoms with van der Waals surface area (Å²) in [5, 5.41) is 26.5. The van der Waals surface area contributed by atoms with Crippen LogP contribution in [0.5, 0.6) is 0 Å². The minimum atomic E-state index is -1.02. The molecule has 0 bridgehead atoms. The Morgan fingerprint density at radius 1 is 1.67 bits per heavy atom. The fourth-order valence-corrected chi connectivity index (χ4v) is 0.502. The maximum absolute atomic E-state index is 10.1. The van der Waals surface area contributed by atoms with Gasteiger partial charge in [0.15, 0.2) is 0 Å². The number of carbonyl (C=O) groups is 1. The number of carboxylic acids is 1. The first kappa shape index (κ1) is 11.3. The zero-order valence-corrected chi connectivity index (χ0v) is 6.80. The average Bonchev–Trinajstić information content (AvgIpc) is 1.99.